The molecule has 0 radical (unpaired) electrons. The van der Waals surface area contributed by atoms with Gasteiger partial charge in [-0.05, 0) is 49.6 Å². The third-order valence-electron chi connectivity index (χ3n) is 4.17. The summed E-state index contributed by atoms with van der Waals surface area (Å²) >= 11 is 7.21. The van der Waals surface area contributed by atoms with Crippen LogP contribution in [0.15, 0.2) is 34.5 Å². The molecule has 25 heavy (non-hydrogen) atoms. The van der Waals surface area contributed by atoms with Crippen LogP contribution in [0.25, 0.3) is 0 Å². The quantitative estimate of drug-likeness (QED) is 0.835. The minimum Gasteiger partial charge on any atom is -0.325 e. The Bertz CT molecular complexity index is 887. The van der Waals surface area contributed by atoms with Gasteiger partial charge in [-0.15, -0.1) is 11.3 Å². The lowest BCUT2D eigenvalue weighted by Gasteiger charge is -2.13. The molecule has 1 aromatic heterocycles. The van der Waals surface area contributed by atoms with Crippen LogP contribution >= 0.6 is 22.9 Å². The van der Waals surface area contributed by atoms with E-state index in [1.165, 1.54) is 4.31 Å². The SMILES string of the molecule is Cc1c(Cl)cccc1NC(=O)Cc1ccc(S(=O)(=O)N2CCCC2)s1. The zero-order valence-corrected chi connectivity index (χ0v) is 16.2. The van der Waals surface area contributed by atoms with Crippen LogP contribution in [0.2, 0.25) is 5.02 Å². The number of rotatable bonds is 5. The number of carbonyl (C=O) groups is 1. The Hall–Kier alpha value is -1.41. The van der Waals surface area contributed by atoms with Gasteiger partial charge in [0.1, 0.15) is 4.21 Å². The molecule has 2 aromatic rings. The second-order valence-corrected chi connectivity index (χ2v) is 9.71. The molecule has 1 aliphatic heterocycles. The van der Waals surface area contributed by atoms with Crippen LogP contribution in [-0.2, 0) is 21.2 Å². The van der Waals surface area contributed by atoms with Crippen LogP contribution in [0.3, 0.4) is 0 Å². The Labute approximate surface area is 156 Å². The first-order chi connectivity index (χ1) is 11.9. The largest absolute Gasteiger partial charge is 0.325 e. The second-order valence-electron chi connectivity index (χ2n) is 5.97. The van der Waals surface area contributed by atoms with Gasteiger partial charge >= 0.3 is 0 Å². The van der Waals surface area contributed by atoms with E-state index in [0.717, 1.165) is 34.6 Å². The minimum absolute atomic E-state index is 0.131. The fraction of sp³-hybridized carbons (Fsp3) is 0.353. The number of halogens is 1. The van der Waals surface area contributed by atoms with E-state index in [0.29, 0.717) is 28.0 Å². The summed E-state index contributed by atoms with van der Waals surface area (Å²) in [7, 11) is -3.42. The van der Waals surface area contributed by atoms with E-state index in [4.69, 9.17) is 11.6 Å². The number of carbonyl (C=O) groups excluding carboxylic acids is 1. The molecule has 1 saturated heterocycles. The number of hydrogen-bond acceptors (Lipinski definition) is 4. The fourth-order valence-electron chi connectivity index (χ4n) is 2.74. The van der Waals surface area contributed by atoms with Gasteiger partial charge in [0.15, 0.2) is 0 Å². The molecule has 1 aromatic carbocycles. The maximum absolute atomic E-state index is 12.5. The summed E-state index contributed by atoms with van der Waals surface area (Å²) in [6.07, 6.45) is 1.93. The lowest BCUT2D eigenvalue weighted by atomic mass is 10.2. The van der Waals surface area contributed by atoms with Crippen molar-refractivity contribution in [1.29, 1.82) is 0 Å². The van der Waals surface area contributed by atoms with Crippen molar-refractivity contribution in [3.05, 3.63) is 45.8 Å². The van der Waals surface area contributed by atoms with Crippen LogP contribution in [-0.4, -0.2) is 31.7 Å². The number of nitrogens with one attached hydrogen (secondary N) is 1. The van der Waals surface area contributed by atoms with Crippen molar-refractivity contribution in [3.8, 4) is 0 Å². The molecule has 0 unspecified atom stereocenters. The highest BCUT2D eigenvalue weighted by atomic mass is 35.5. The second kappa shape index (κ2) is 7.45. The number of thiophene rings is 1. The van der Waals surface area contributed by atoms with E-state index in [9.17, 15) is 13.2 Å². The molecule has 1 N–H and O–H groups in total. The molecule has 0 bridgehead atoms. The van der Waals surface area contributed by atoms with E-state index in [1.807, 2.05) is 6.92 Å². The lowest BCUT2D eigenvalue weighted by Crippen LogP contribution is -2.27. The molecule has 2 heterocycles. The monoisotopic (exact) mass is 398 g/mol. The van der Waals surface area contributed by atoms with Gasteiger partial charge in [-0.25, -0.2) is 8.42 Å². The average Bonchev–Trinajstić information content (AvgIpc) is 3.23. The van der Waals surface area contributed by atoms with Gasteiger partial charge in [-0.2, -0.15) is 4.31 Å². The third-order valence-corrected chi connectivity index (χ3v) is 8.03. The standard InChI is InChI=1S/C17H19ClN2O3S2/c1-12-14(18)5-4-6-15(12)19-16(21)11-13-7-8-17(24-13)25(22,23)20-9-2-3-10-20/h4-8H,2-3,9-11H2,1H3,(H,19,21). The molecule has 1 aliphatic rings. The van der Waals surface area contributed by atoms with Crippen molar-refractivity contribution in [2.45, 2.75) is 30.4 Å². The molecule has 5 nitrogen and oxygen atoms in total. The van der Waals surface area contributed by atoms with Crippen molar-refractivity contribution in [2.75, 3.05) is 18.4 Å². The van der Waals surface area contributed by atoms with E-state index in [2.05, 4.69) is 5.32 Å². The van der Waals surface area contributed by atoms with E-state index in [-0.39, 0.29) is 12.3 Å². The van der Waals surface area contributed by atoms with Crippen molar-refractivity contribution >= 4 is 44.6 Å². The minimum atomic E-state index is -3.42. The van der Waals surface area contributed by atoms with Gasteiger partial charge in [-0.3, -0.25) is 4.79 Å². The molecule has 8 heteroatoms. The normalized spacial score (nSPS) is 15.4. The van der Waals surface area contributed by atoms with Crippen molar-refractivity contribution < 1.29 is 13.2 Å². The summed E-state index contributed by atoms with van der Waals surface area (Å²) in [6, 6.07) is 8.62. The maximum Gasteiger partial charge on any atom is 0.252 e. The Morgan fingerprint density at radius 3 is 2.68 bits per heavy atom. The molecule has 0 spiro atoms. The van der Waals surface area contributed by atoms with Crippen molar-refractivity contribution in [2.24, 2.45) is 0 Å². The Morgan fingerprint density at radius 1 is 1.24 bits per heavy atom. The average molecular weight is 399 g/mol. The Balaban J connectivity index is 1.69. The topological polar surface area (TPSA) is 66.5 Å². The molecule has 0 saturated carbocycles. The smallest absolute Gasteiger partial charge is 0.252 e. The molecule has 1 amide bonds. The predicted octanol–water partition coefficient (Wildman–Crippen LogP) is 3.68. The van der Waals surface area contributed by atoms with Gasteiger partial charge in [0.25, 0.3) is 10.0 Å². The third kappa shape index (κ3) is 4.06. The van der Waals surface area contributed by atoms with Crippen LogP contribution < -0.4 is 5.32 Å². The van der Waals surface area contributed by atoms with Crippen LogP contribution in [0.5, 0.6) is 0 Å². The number of amides is 1. The summed E-state index contributed by atoms with van der Waals surface area (Å²) in [6.45, 7) is 2.98. The number of nitrogens with zero attached hydrogens (tertiary/aromatic N) is 1. The van der Waals surface area contributed by atoms with Gasteiger partial charge in [0.05, 0.1) is 6.42 Å². The predicted molar refractivity (Wildman–Crippen MR) is 101 cm³/mol. The summed E-state index contributed by atoms with van der Waals surface area (Å²) in [5.74, 6) is -0.197. The molecule has 1 fully saturated rings. The van der Waals surface area contributed by atoms with Gasteiger partial charge in [0, 0.05) is 28.7 Å². The summed E-state index contributed by atoms with van der Waals surface area (Å²) in [5.41, 5.74) is 1.47. The molecular weight excluding hydrogens is 380 g/mol. The summed E-state index contributed by atoms with van der Waals surface area (Å²) in [4.78, 5) is 13.0. The first kappa shape index (κ1) is 18.4. The van der Waals surface area contributed by atoms with Crippen LogP contribution in [0.1, 0.15) is 23.3 Å². The molecule has 3 rings (SSSR count). The highest BCUT2D eigenvalue weighted by Gasteiger charge is 2.28. The molecular formula is C17H19ClN2O3S2. The highest BCUT2D eigenvalue weighted by Crippen LogP contribution is 2.28. The van der Waals surface area contributed by atoms with Gasteiger partial charge in [-0.1, -0.05) is 17.7 Å². The van der Waals surface area contributed by atoms with E-state index in [1.54, 1.807) is 30.3 Å². The highest BCUT2D eigenvalue weighted by molar-refractivity contribution is 7.91. The number of sulfonamides is 1. The molecule has 134 valence electrons. The van der Waals surface area contributed by atoms with Gasteiger partial charge < -0.3 is 5.32 Å². The van der Waals surface area contributed by atoms with E-state index >= 15 is 0 Å². The first-order valence-corrected chi connectivity index (χ1v) is 10.7. The van der Waals surface area contributed by atoms with Crippen molar-refractivity contribution in [3.63, 3.8) is 0 Å². The van der Waals surface area contributed by atoms with E-state index < -0.39 is 10.0 Å². The molecule has 0 atom stereocenters. The van der Waals surface area contributed by atoms with Gasteiger partial charge in [0.2, 0.25) is 5.91 Å². The van der Waals surface area contributed by atoms with Crippen LogP contribution in [0, 0.1) is 6.92 Å². The summed E-state index contributed by atoms with van der Waals surface area (Å²) < 4.78 is 26.9. The number of anilines is 1. The first-order valence-electron chi connectivity index (χ1n) is 8.02. The zero-order chi connectivity index (χ0) is 18.0. The van der Waals surface area contributed by atoms with Crippen LogP contribution in [0.4, 0.5) is 5.69 Å². The maximum atomic E-state index is 12.5. The number of hydrogen-bond donors (Lipinski definition) is 1. The fourth-order valence-corrected chi connectivity index (χ4v) is 5.94. The van der Waals surface area contributed by atoms with Crippen molar-refractivity contribution in [1.82, 2.24) is 4.31 Å². The number of benzene rings is 1. The summed E-state index contributed by atoms with van der Waals surface area (Å²) in [5, 5.41) is 3.42. The molecule has 0 aliphatic carbocycles. The Kier molecular flexibility index (Phi) is 5.48. The Morgan fingerprint density at radius 2 is 1.96 bits per heavy atom. The zero-order valence-electron chi connectivity index (χ0n) is 13.8. The lowest BCUT2D eigenvalue weighted by molar-refractivity contribution is -0.115.